The Morgan fingerprint density at radius 2 is 1.67 bits per heavy atom. The first-order chi connectivity index (χ1) is 11.0. The van der Waals surface area contributed by atoms with Crippen LogP contribution in [0.2, 0.25) is 0 Å². The number of hydrogen-bond acceptors (Lipinski definition) is 2. The molecule has 3 rings (SSSR count). The van der Waals surface area contributed by atoms with E-state index in [-0.39, 0.29) is 28.7 Å². The summed E-state index contributed by atoms with van der Waals surface area (Å²) in [4.78, 5) is 24.6. The minimum atomic E-state index is -0.268. The van der Waals surface area contributed by atoms with Crippen LogP contribution in [0.15, 0.2) is 33.9 Å². The largest absolute Gasteiger partial charge is 0.348 e. The molecule has 0 aromatic heterocycles. The fourth-order valence-electron chi connectivity index (χ4n) is 3.93. The van der Waals surface area contributed by atoms with Gasteiger partial charge in [-0.3, -0.25) is 9.59 Å². The van der Waals surface area contributed by atoms with Gasteiger partial charge >= 0.3 is 0 Å². The molecule has 1 unspecified atom stereocenters. The summed E-state index contributed by atoms with van der Waals surface area (Å²) in [5, 5.41) is 5.88. The van der Waals surface area contributed by atoms with Crippen LogP contribution in [0, 0.1) is 10.8 Å². The van der Waals surface area contributed by atoms with Gasteiger partial charge in [-0.2, -0.15) is 0 Å². The molecule has 24 heavy (non-hydrogen) atoms. The molecule has 4 heteroatoms. The molecule has 4 nitrogen and oxygen atoms in total. The van der Waals surface area contributed by atoms with E-state index >= 15 is 0 Å². The summed E-state index contributed by atoms with van der Waals surface area (Å²) in [7, 11) is 0. The van der Waals surface area contributed by atoms with E-state index in [0.29, 0.717) is 17.7 Å². The number of rotatable bonds is 1. The number of allylic oxidation sites excluding steroid dienone is 3. The van der Waals surface area contributed by atoms with Gasteiger partial charge in [-0.05, 0) is 29.2 Å². The van der Waals surface area contributed by atoms with Crippen molar-refractivity contribution in [1.29, 1.82) is 0 Å². The van der Waals surface area contributed by atoms with E-state index in [1.165, 1.54) is 16.7 Å². The maximum Gasteiger partial charge on any atom is 0.250 e. The molecule has 0 aromatic rings. The van der Waals surface area contributed by atoms with E-state index in [4.69, 9.17) is 0 Å². The number of carbonyl (C=O) groups excluding carboxylic acids is 2. The second-order valence-electron chi connectivity index (χ2n) is 9.10. The molecule has 0 bridgehead atoms. The highest BCUT2D eigenvalue weighted by atomic mass is 16.2. The zero-order valence-corrected chi connectivity index (χ0v) is 15.6. The van der Waals surface area contributed by atoms with Crippen LogP contribution >= 0.6 is 0 Å². The van der Waals surface area contributed by atoms with Gasteiger partial charge in [-0.25, -0.2) is 0 Å². The molecule has 3 aliphatic rings. The SMILES string of the molecule is CC(C)(C)C1=CCC(C(C)(C)C)=C(C2NC(=O)C3=C2C(=O)NC3)C1. The van der Waals surface area contributed by atoms with Crippen molar-refractivity contribution in [2.24, 2.45) is 10.8 Å². The van der Waals surface area contributed by atoms with Crippen molar-refractivity contribution in [1.82, 2.24) is 10.6 Å². The predicted octanol–water partition coefficient (Wildman–Crippen LogP) is 3.02. The van der Waals surface area contributed by atoms with Gasteiger partial charge in [0.25, 0.3) is 0 Å². The lowest BCUT2D eigenvalue weighted by Gasteiger charge is -2.36. The molecule has 1 atom stereocenters. The molecular weight excluding hydrogens is 300 g/mol. The fourth-order valence-corrected chi connectivity index (χ4v) is 3.93. The summed E-state index contributed by atoms with van der Waals surface area (Å²) in [6, 6.07) is -0.268. The van der Waals surface area contributed by atoms with Gasteiger partial charge in [0.2, 0.25) is 11.8 Å². The van der Waals surface area contributed by atoms with Crippen LogP contribution in [-0.2, 0) is 9.59 Å². The molecule has 2 heterocycles. The van der Waals surface area contributed by atoms with Crippen molar-refractivity contribution in [3.63, 3.8) is 0 Å². The van der Waals surface area contributed by atoms with Crippen LogP contribution in [-0.4, -0.2) is 24.4 Å². The Balaban J connectivity index is 2.06. The van der Waals surface area contributed by atoms with Gasteiger partial charge in [-0.15, -0.1) is 0 Å². The topological polar surface area (TPSA) is 58.2 Å². The van der Waals surface area contributed by atoms with Crippen LogP contribution in [0.5, 0.6) is 0 Å². The Labute approximate surface area is 144 Å². The maximum absolute atomic E-state index is 12.3. The molecule has 0 saturated heterocycles. The molecule has 2 N–H and O–H groups in total. The van der Waals surface area contributed by atoms with Crippen molar-refractivity contribution in [2.75, 3.05) is 6.54 Å². The Morgan fingerprint density at radius 1 is 1.00 bits per heavy atom. The number of nitrogens with one attached hydrogen (secondary N) is 2. The van der Waals surface area contributed by atoms with Crippen molar-refractivity contribution >= 4 is 11.8 Å². The fraction of sp³-hybridized carbons (Fsp3) is 0.600. The van der Waals surface area contributed by atoms with Crippen molar-refractivity contribution in [2.45, 2.75) is 60.4 Å². The maximum atomic E-state index is 12.3. The van der Waals surface area contributed by atoms with Crippen molar-refractivity contribution in [3.05, 3.63) is 33.9 Å². The monoisotopic (exact) mass is 328 g/mol. The minimum absolute atomic E-state index is 0.0123. The van der Waals surface area contributed by atoms with Crippen molar-refractivity contribution < 1.29 is 9.59 Å². The zero-order chi connectivity index (χ0) is 17.9. The Morgan fingerprint density at radius 3 is 2.25 bits per heavy atom. The number of amides is 2. The van der Waals surface area contributed by atoms with Crippen LogP contribution in [0.25, 0.3) is 0 Å². The Bertz CT molecular complexity index is 707. The van der Waals surface area contributed by atoms with E-state index in [1.807, 2.05) is 0 Å². The molecule has 0 radical (unpaired) electrons. The highest BCUT2D eigenvalue weighted by molar-refractivity contribution is 6.13. The molecule has 2 aliphatic heterocycles. The first-order valence-corrected chi connectivity index (χ1v) is 8.74. The van der Waals surface area contributed by atoms with Gasteiger partial charge in [0.1, 0.15) is 0 Å². The number of hydrogen-bond donors (Lipinski definition) is 2. The summed E-state index contributed by atoms with van der Waals surface area (Å²) >= 11 is 0. The lowest BCUT2D eigenvalue weighted by Crippen LogP contribution is -2.39. The lowest BCUT2D eigenvalue weighted by atomic mass is 9.70. The average Bonchev–Trinajstić information content (AvgIpc) is 2.98. The normalized spacial score (nSPS) is 24.9. The summed E-state index contributed by atoms with van der Waals surface area (Å²) < 4.78 is 0. The van der Waals surface area contributed by atoms with Crippen LogP contribution < -0.4 is 10.6 Å². The molecule has 1 aliphatic carbocycles. The minimum Gasteiger partial charge on any atom is -0.348 e. The molecule has 130 valence electrons. The van der Waals surface area contributed by atoms with Gasteiger partial charge in [0, 0.05) is 12.1 Å². The number of carbonyl (C=O) groups is 2. The quantitative estimate of drug-likeness (QED) is 0.727. The molecule has 0 saturated carbocycles. The molecule has 2 amide bonds. The zero-order valence-electron chi connectivity index (χ0n) is 15.6. The van der Waals surface area contributed by atoms with Crippen molar-refractivity contribution in [3.8, 4) is 0 Å². The highest BCUT2D eigenvalue weighted by Crippen LogP contribution is 2.44. The lowest BCUT2D eigenvalue weighted by molar-refractivity contribution is -0.117. The molecule has 0 spiro atoms. The molecule has 0 fully saturated rings. The second kappa shape index (κ2) is 5.33. The van der Waals surface area contributed by atoms with E-state index in [2.05, 4.69) is 58.3 Å². The van der Waals surface area contributed by atoms with Gasteiger partial charge in [0.15, 0.2) is 0 Å². The standard InChI is InChI=1S/C20H28N2O2/c1-19(2,3)11-7-8-14(20(4,5)6)12(9-11)16-15-13(17(23)22-16)10-21-18(15)24/h7,16H,8-10H2,1-6H3,(H,21,24)(H,22,23). The predicted molar refractivity (Wildman–Crippen MR) is 95.2 cm³/mol. The summed E-state index contributed by atoms with van der Waals surface area (Å²) in [5.74, 6) is -0.193. The average molecular weight is 328 g/mol. The summed E-state index contributed by atoms with van der Waals surface area (Å²) in [6.07, 6.45) is 4.05. The van der Waals surface area contributed by atoms with Gasteiger partial charge < -0.3 is 10.6 Å². The smallest absolute Gasteiger partial charge is 0.250 e. The third-order valence-corrected chi connectivity index (χ3v) is 5.37. The third kappa shape index (κ3) is 2.72. The van der Waals surface area contributed by atoms with Crippen LogP contribution in [0.4, 0.5) is 0 Å². The van der Waals surface area contributed by atoms with E-state index in [1.54, 1.807) is 0 Å². The first kappa shape index (κ1) is 17.0. The van der Waals surface area contributed by atoms with E-state index in [0.717, 1.165) is 12.8 Å². The van der Waals surface area contributed by atoms with Gasteiger partial charge in [0.05, 0.1) is 11.6 Å². The summed E-state index contributed by atoms with van der Waals surface area (Å²) in [6.45, 7) is 13.6. The second-order valence-corrected chi connectivity index (χ2v) is 9.10. The van der Waals surface area contributed by atoms with Crippen LogP contribution in [0.1, 0.15) is 54.4 Å². The summed E-state index contributed by atoms with van der Waals surface area (Å²) in [5.41, 5.74) is 5.31. The van der Waals surface area contributed by atoms with Gasteiger partial charge in [-0.1, -0.05) is 58.8 Å². The van der Waals surface area contributed by atoms with E-state index < -0.39 is 0 Å². The molecule has 0 aromatic carbocycles. The Hall–Kier alpha value is -1.84. The highest BCUT2D eigenvalue weighted by Gasteiger charge is 2.43. The first-order valence-electron chi connectivity index (χ1n) is 8.74. The molecular formula is C20H28N2O2. The van der Waals surface area contributed by atoms with E-state index in [9.17, 15) is 9.59 Å². The Kier molecular flexibility index (Phi) is 3.78. The van der Waals surface area contributed by atoms with Crippen LogP contribution in [0.3, 0.4) is 0 Å². The third-order valence-electron chi connectivity index (χ3n) is 5.37.